The number of aryl methyl sites for hydroxylation is 1. The molecule has 0 heterocycles. The second-order valence-electron chi connectivity index (χ2n) is 5.78. The van der Waals surface area contributed by atoms with Crippen molar-refractivity contribution in [2.45, 2.75) is 60.3 Å². The molecular weight excluding hydrogens is 270 g/mol. The molecule has 1 aromatic carbocycles. The maximum atomic E-state index is 5.84. The lowest BCUT2D eigenvalue weighted by atomic mass is 10.0. The van der Waals surface area contributed by atoms with Crippen LogP contribution >= 0.6 is 0 Å². The van der Waals surface area contributed by atoms with Crippen LogP contribution in [0.2, 0.25) is 0 Å². The van der Waals surface area contributed by atoms with Crippen LogP contribution in [0.5, 0.6) is 5.75 Å². The Kier molecular flexibility index (Phi) is 13.0. The van der Waals surface area contributed by atoms with Crippen LogP contribution in [-0.2, 0) is 6.42 Å². The van der Waals surface area contributed by atoms with E-state index >= 15 is 0 Å². The molecule has 1 atom stereocenters. The Labute approximate surface area is 138 Å². The molecule has 0 N–H and O–H groups in total. The van der Waals surface area contributed by atoms with E-state index in [1.165, 1.54) is 24.9 Å². The van der Waals surface area contributed by atoms with Gasteiger partial charge in [0.25, 0.3) is 0 Å². The first-order valence-electron chi connectivity index (χ1n) is 9.06. The van der Waals surface area contributed by atoms with Crippen LogP contribution < -0.4 is 4.74 Å². The van der Waals surface area contributed by atoms with E-state index in [4.69, 9.17) is 4.74 Å². The van der Waals surface area contributed by atoms with Gasteiger partial charge in [-0.15, -0.1) is 0 Å². The van der Waals surface area contributed by atoms with E-state index in [0.29, 0.717) is 0 Å². The van der Waals surface area contributed by atoms with E-state index in [0.717, 1.165) is 37.7 Å². The first-order valence-corrected chi connectivity index (χ1v) is 9.06. The van der Waals surface area contributed by atoms with Gasteiger partial charge < -0.3 is 9.64 Å². The highest BCUT2D eigenvalue weighted by Gasteiger charge is 2.04. The second kappa shape index (κ2) is 13.6. The van der Waals surface area contributed by atoms with Crippen LogP contribution in [-0.4, -0.2) is 31.6 Å². The largest absolute Gasteiger partial charge is 0.494 e. The first-order chi connectivity index (χ1) is 10.7. The second-order valence-corrected chi connectivity index (χ2v) is 5.78. The predicted octanol–water partition coefficient (Wildman–Crippen LogP) is 5.41. The van der Waals surface area contributed by atoms with Gasteiger partial charge in [0.2, 0.25) is 0 Å². The molecule has 0 radical (unpaired) electrons. The van der Waals surface area contributed by atoms with Gasteiger partial charge in [0.15, 0.2) is 0 Å². The minimum absolute atomic E-state index is 0.787. The van der Waals surface area contributed by atoms with Crippen molar-refractivity contribution in [2.24, 2.45) is 5.92 Å². The number of ether oxygens (including phenoxy) is 1. The highest BCUT2D eigenvalue weighted by atomic mass is 16.5. The third kappa shape index (κ3) is 9.83. The molecule has 0 aliphatic carbocycles. The van der Waals surface area contributed by atoms with Gasteiger partial charge in [0.05, 0.1) is 6.61 Å². The smallest absolute Gasteiger partial charge is 0.119 e. The molecule has 0 amide bonds. The maximum absolute atomic E-state index is 5.84. The summed E-state index contributed by atoms with van der Waals surface area (Å²) in [5.41, 5.74) is 1.35. The van der Waals surface area contributed by atoms with Gasteiger partial charge in [-0.2, -0.15) is 0 Å². The summed E-state index contributed by atoms with van der Waals surface area (Å²) in [5.74, 6) is 1.80. The minimum Gasteiger partial charge on any atom is -0.494 e. The molecule has 0 fully saturated rings. The van der Waals surface area contributed by atoms with Crippen molar-refractivity contribution in [1.82, 2.24) is 4.90 Å². The van der Waals surface area contributed by atoms with Crippen molar-refractivity contribution >= 4 is 0 Å². The number of hydrogen-bond donors (Lipinski definition) is 0. The van der Waals surface area contributed by atoms with E-state index in [-0.39, 0.29) is 0 Å². The number of benzene rings is 1. The molecule has 1 aromatic rings. The summed E-state index contributed by atoms with van der Waals surface area (Å²) in [7, 11) is 2.19. The zero-order valence-corrected chi connectivity index (χ0v) is 15.7. The van der Waals surface area contributed by atoms with E-state index in [1.807, 2.05) is 13.8 Å². The zero-order chi connectivity index (χ0) is 16.8. The number of rotatable bonds is 10. The Morgan fingerprint density at radius 3 is 2.50 bits per heavy atom. The van der Waals surface area contributed by atoms with Crippen LogP contribution in [0.15, 0.2) is 24.3 Å². The summed E-state index contributed by atoms with van der Waals surface area (Å²) in [6, 6.07) is 8.44. The van der Waals surface area contributed by atoms with Crippen molar-refractivity contribution in [3.8, 4) is 5.75 Å². The average molecular weight is 308 g/mol. The number of nitrogens with zero attached hydrogens (tertiary/aromatic N) is 1. The summed E-state index contributed by atoms with van der Waals surface area (Å²) in [5, 5.41) is 0. The molecule has 0 bridgehead atoms. The summed E-state index contributed by atoms with van der Waals surface area (Å²) >= 11 is 0. The van der Waals surface area contributed by atoms with Crippen LogP contribution in [0.1, 0.15) is 59.4 Å². The molecule has 0 saturated carbocycles. The van der Waals surface area contributed by atoms with Crippen molar-refractivity contribution in [1.29, 1.82) is 0 Å². The van der Waals surface area contributed by atoms with Gasteiger partial charge in [-0.25, -0.2) is 0 Å². The Morgan fingerprint density at radius 1 is 1.14 bits per heavy atom. The first kappa shape index (κ1) is 21.0. The molecule has 1 unspecified atom stereocenters. The Balaban J connectivity index is 0.00000211. The molecule has 22 heavy (non-hydrogen) atoms. The molecule has 0 spiro atoms. The lowest BCUT2D eigenvalue weighted by Gasteiger charge is -2.17. The molecule has 0 aromatic heterocycles. The quantitative estimate of drug-likeness (QED) is 0.536. The normalized spacial score (nSPS) is 11.8. The topological polar surface area (TPSA) is 12.5 Å². The standard InChI is InChI=1S/C18H31NO.C2H6/c1-5-17-10-7-11-18(15-17)20-14-8-9-16(3)12-13-19(4)6-2;1-2/h7,10-11,15-16H,5-6,8-9,12-14H2,1-4H3;1-2H3. The Morgan fingerprint density at radius 2 is 1.86 bits per heavy atom. The molecular formula is C20H37NO. The maximum Gasteiger partial charge on any atom is 0.119 e. The van der Waals surface area contributed by atoms with Crippen molar-refractivity contribution in [3.05, 3.63) is 29.8 Å². The fourth-order valence-electron chi connectivity index (χ4n) is 2.22. The lowest BCUT2D eigenvalue weighted by Crippen LogP contribution is -2.20. The highest BCUT2D eigenvalue weighted by molar-refractivity contribution is 5.28. The van der Waals surface area contributed by atoms with Gasteiger partial charge in [-0.1, -0.05) is 46.8 Å². The summed E-state index contributed by atoms with van der Waals surface area (Å²) in [4.78, 5) is 2.38. The molecule has 0 aliphatic rings. The molecule has 2 heteroatoms. The summed E-state index contributed by atoms with van der Waals surface area (Å²) < 4.78 is 5.84. The van der Waals surface area contributed by atoms with Gasteiger partial charge in [0.1, 0.15) is 5.75 Å². The average Bonchev–Trinajstić information content (AvgIpc) is 2.58. The SMILES string of the molecule is CC.CCc1cccc(OCCCC(C)CCN(C)CC)c1. The van der Waals surface area contributed by atoms with Crippen molar-refractivity contribution in [2.75, 3.05) is 26.7 Å². The molecule has 128 valence electrons. The lowest BCUT2D eigenvalue weighted by molar-refractivity contribution is 0.277. The van der Waals surface area contributed by atoms with E-state index < -0.39 is 0 Å². The Bertz CT molecular complexity index is 364. The molecule has 2 nitrogen and oxygen atoms in total. The molecule has 0 aliphatic heterocycles. The van der Waals surface area contributed by atoms with Crippen LogP contribution in [0.25, 0.3) is 0 Å². The fraction of sp³-hybridized carbons (Fsp3) is 0.700. The van der Waals surface area contributed by atoms with Gasteiger partial charge in [-0.3, -0.25) is 0 Å². The zero-order valence-electron chi connectivity index (χ0n) is 15.7. The number of hydrogen-bond acceptors (Lipinski definition) is 2. The summed E-state index contributed by atoms with van der Waals surface area (Å²) in [6.07, 6.45) is 4.76. The van der Waals surface area contributed by atoms with Crippen molar-refractivity contribution < 1.29 is 4.74 Å². The van der Waals surface area contributed by atoms with E-state index in [9.17, 15) is 0 Å². The van der Waals surface area contributed by atoms with Crippen molar-refractivity contribution in [3.63, 3.8) is 0 Å². The van der Waals surface area contributed by atoms with Gasteiger partial charge in [-0.05, 0) is 69.4 Å². The van der Waals surface area contributed by atoms with E-state index in [1.54, 1.807) is 0 Å². The van der Waals surface area contributed by atoms with Crippen LogP contribution in [0.4, 0.5) is 0 Å². The Hall–Kier alpha value is -1.02. The monoisotopic (exact) mass is 307 g/mol. The highest BCUT2D eigenvalue weighted by Crippen LogP contribution is 2.15. The molecule has 1 rings (SSSR count). The molecule has 0 saturated heterocycles. The van der Waals surface area contributed by atoms with Gasteiger partial charge in [0, 0.05) is 0 Å². The summed E-state index contributed by atoms with van der Waals surface area (Å²) in [6.45, 7) is 13.9. The van der Waals surface area contributed by atoms with Gasteiger partial charge >= 0.3 is 0 Å². The third-order valence-electron chi connectivity index (χ3n) is 3.96. The fourth-order valence-corrected chi connectivity index (χ4v) is 2.22. The third-order valence-corrected chi connectivity index (χ3v) is 3.96. The minimum atomic E-state index is 0.787. The van der Waals surface area contributed by atoms with Crippen LogP contribution in [0, 0.1) is 5.92 Å². The predicted molar refractivity (Wildman–Crippen MR) is 98.8 cm³/mol. The van der Waals surface area contributed by atoms with E-state index in [2.05, 4.69) is 57.0 Å². The van der Waals surface area contributed by atoms with Crippen LogP contribution in [0.3, 0.4) is 0 Å².